The zero-order valence-corrected chi connectivity index (χ0v) is 20.4. The Hall–Kier alpha value is -3.27. The lowest BCUT2D eigenvalue weighted by Gasteiger charge is -2.33. The number of rotatable bonds is 9. The number of halogens is 1. The van der Waals surface area contributed by atoms with Gasteiger partial charge in [-0.1, -0.05) is 6.92 Å². The second kappa shape index (κ2) is 10.8. The normalized spacial score (nSPS) is 14.1. The fourth-order valence-electron chi connectivity index (χ4n) is 3.36. The summed E-state index contributed by atoms with van der Waals surface area (Å²) < 4.78 is 25.9. The maximum absolute atomic E-state index is 14.3. The molecule has 34 heavy (non-hydrogen) atoms. The lowest BCUT2D eigenvalue weighted by molar-refractivity contribution is -0.169. The predicted molar refractivity (Wildman–Crippen MR) is 126 cm³/mol. The summed E-state index contributed by atoms with van der Waals surface area (Å²) in [7, 11) is 0. The van der Waals surface area contributed by atoms with Crippen molar-refractivity contribution >= 4 is 17.9 Å². The van der Waals surface area contributed by atoms with Crippen molar-refractivity contribution in [3.8, 4) is 17.0 Å². The number of hydrogen-bond acceptors (Lipinski definition) is 7. The number of carbonyl (C=O) groups is 2. The Balaban J connectivity index is 2.27. The summed E-state index contributed by atoms with van der Waals surface area (Å²) in [6.45, 7) is 11.3. The van der Waals surface area contributed by atoms with E-state index >= 15 is 0 Å². The van der Waals surface area contributed by atoms with Gasteiger partial charge in [0.2, 0.25) is 0 Å². The summed E-state index contributed by atoms with van der Waals surface area (Å²) in [6.07, 6.45) is 0.0900. The SMILES string of the molecule is Cc1nc(-c2cc(NC(=O)O)ncc2F)ccc1OCC(C)(CC(C)CN)C(=O)OC(C)(C)C. The predicted octanol–water partition coefficient (Wildman–Crippen LogP) is 4.39. The highest BCUT2D eigenvalue weighted by atomic mass is 19.1. The number of nitrogens with zero attached hydrogens (tertiary/aromatic N) is 2. The van der Waals surface area contributed by atoms with Crippen LogP contribution in [-0.4, -0.2) is 45.9 Å². The molecule has 2 unspecified atom stereocenters. The topological polar surface area (TPSA) is 137 Å². The van der Waals surface area contributed by atoms with Crippen LogP contribution in [0.4, 0.5) is 15.0 Å². The molecule has 2 rings (SSSR count). The highest BCUT2D eigenvalue weighted by molar-refractivity contribution is 5.82. The maximum Gasteiger partial charge on any atom is 0.410 e. The quantitative estimate of drug-likeness (QED) is 0.453. The van der Waals surface area contributed by atoms with E-state index < -0.39 is 22.9 Å². The minimum absolute atomic E-state index is 0.0224. The van der Waals surface area contributed by atoms with E-state index in [0.29, 0.717) is 24.4 Å². The highest BCUT2D eigenvalue weighted by Gasteiger charge is 2.39. The summed E-state index contributed by atoms with van der Waals surface area (Å²) in [5.41, 5.74) is 5.04. The third kappa shape index (κ3) is 7.38. The van der Waals surface area contributed by atoms with Gasteiger partial charge in [-0.15, -0.1) is 0 Å². The zero-order chi connectivity index (χ0) is 25.7. The van der Waals surface area contributed by atoms with Gasteiger partial charge in [-0.05, 0) is 71.7 Å². The van der Waals surface area contributed by atoms with Gasteiger partial charge < -0.3 is 20.3 Å². The largest absolute Gasteiger partial charge is 0.491 e. The number of ether oxygens (including phenoxy) is 2. The van der Waals surface area contributed by atoms with E-state index in [1.54, 1.807) is 46.8 Å². The third-order valence-corrected chi connectivity index (χ3v) is 5.04. The summed E-state index contributed by atoms with van der Waals surface area (Å²) in [6, 6.07) is 4.45. The summed E-state index contributed by atoms with van der Waals surface area (Å²) >= 11 is 0. The number of carboxylic acid groups (broad SMARTS) is 1. The molecule has 0 bridgehead atoms. The van der Waals surface area contributed by atoms with Crippen LogP contribution < -0.4 is 15.8 Å². The van der Waals surface area contributed by atoms with Crippen LogP contribution in [0.15, 0.2) is 24.4 Å². The van der Waals surface area contributed by atoms with Crippen LogP contribution in [0.25, 0.3) is 11.3 Å². The first-order valence-electron chi connectivity index (χ1n) is 10.9. The molecule has 4 N–H and O–H groups in total. The minimum atomic E-state index is -1.31. The fraction of sp³-hybridized carbons (Fsp3) is 0.500. The highest BCUT2D eigenvalue weighted by Crippen LogP contribution is 2.32. The van der Waals surface area contributed by atoms with Gasteiger partial charge >= 0.3 is 12.1 Å². The number of aromatic nitrogens is 2. The minimum Gasteiger partial charge on any atom is -0.491 e. The molecule has 0 spiro atoms. The van der Waals surface area contributed by atoms with E-state index in [1.807, 2.05) is 6.92 Å². The fourth-order valence-corrected chi connectivity index (χ4v) is 3.36. The molecule has 0 aliphatic carbocycles. The number of esters is 1. The van der Waals surface area contributed by atoms with Gasteiger partial charge in [0.15, 0.2) is 5.82 Å². The van der Waals surface area contributed by atoms with Crippen LogP contribution >= 0.6 is 0 Å². The molecule has 2 atom stereocenters. The van der Waals surface area contributed by atoms with Gasteiger partial charge in [0, 0.05) is 5.56 Å². The molecule has 0 saturated carbocycles. The van der Waals surface area contributed by atoms with E-state index in [2.05, 4.69) is 15.3 Å². The lowest BCUT2D eigenvalue weighted by Crippen LogP contribution is -2.41. The number of carbonyl (C=O) groups excluding carboxylic acids is 1. The Morgan fingerprint density at radius 2 is 1.94 bits per heavy atom. The lowest BCUT2D eigenvalue weighted by atomic mass is 9.82. The molecule has 0 fully saturated rings. The van der Waals surface area contributed by atoms with Crippen LogP contribution in [0.3, 0.4) is 0 Å². The van der Waals surface area contributed by atoms with Crippen LogP contribution in [0.2, 0.25) is 0 Å². The molecule has 0 aliphatic rings. The molecule has 0 aliphatic heterocycles. The molecule has 1 amide bonds. The number of anilines is 1. The van der Waals surface area contributed by atoms with E-state index in [9.17, 15) is 14.0 Å². The molecule has 2 aromatic rings. The van der Waals surface area contributed by atoms with Crippen molar-refractivity contribution in [2.75, 3.05) is 18.5 Å². The molecular formula is C24H33FN4O5. The zero-order valence-electron chi connectivity index (χ0n) is 20.4. The van der Waals surface area contributed by atoms with Gasteiger partial charge in [-0.2, -0.15) is 0 Å². The number of hydrogen-bond donors (Lipinski definition) is 3. The van der Waals surface area contributed by atoms with E-state index in [-0.39, 0.29) is 35.6 Å². The maximum atomic E-state index is 14.3. The Labute approximate surface area is 198 Å². The van der Waals surface area contributed by atoms with Crippen molar-refractivity contribution < 1.29 is 28.6 Å². The smallest absolute Gasteiger partial charge is 0.410 e. The molecule has 9 nitrogen and oxygen atoms in total. The van der Waals surface area contributed by atoms with Gasteiger partial charge in [-0.25, -0.2) is 19.2 Å². The van der Waals surface area contributed by atoms with Gasteiger partial charge in [0.1, 0.15) is 23.8 Å². The van der Waals surface area contributed by atoms with Crippen LogP contribution in [0.1, 0.15) is 46.7 Å². The number of pyridine rings is 2. The number of aryl methyl sites for hydroxylation is 1. The first kappa shape index (κ1) is 27.0. The molecule has 2 aromatic heterocycles. The summed E-state index contributed by atoms with van der Waals surface area (Å²) in [5, 5.41) is 10.9. The van der Waals surface area contributed by atoms with Crippen LogP contribution in [0.5, 0.6) is 5.75 Å². The first-order valence-corrected chi connectivity index (χ1v) is 10.9. The molecule has 0 radical (unpaired) electrons. The van der Waals surface area contributed by atoms with Gasteiger partial charge in [0.25, 0.3) is 0 Å². The molecule has 186 valence electrons. The summed E-state index contributed by atoms with van der Waals surface area (Å²) in [4.78, 5) is 31.9. The molecule has 2 heterocycles. The second-order valence-electron chi connectivity index (χ2n) is 9.66. The third-order valence-electron chi connectivity index (χ3n) is 5.04. The summed E-state index contributed by atoms with van der Waals surface area (Å²) in [5.74, 6) is -0.543. The average molecular weight is 477 g/mol. The average Bonchev–Trinajstić information content (AvgIpc) is 2.72. The van der Waals surface area contributed by atoms with Crippen molar-refractivity contribution in [1.82, 2.24) is 9.97 Å². The Bertz CT molecular complexity index is 1040. The Morgan fingerprint density at radius 1 is 1.26 bits per heavy atom. The van der Waals surface area contributed by atoms with Gasteiger partial charge in [-0.3, -0.25) is 10.1 Å². The molecule has 0 saturated heterocycles. The van der Waals surface area contributed by atoms with E-state index in [1.165, 1.54) is 6.07 Å². The standard InChI is InChI=1S/C24H33FN4O5/c1-14(11-26)10-24(6,21(30)34-23(3,4)5)13-33-19-8-7-18(28-15(19)2)16-9-20(29-22(31)32)27-12-17(16)25/h7-9,12,14H,10-11,13,26H2,1-6H3,(H,27,29)(H,31,32). The van der Waals surface area contributed by atoms with E-state index in [0.717, 1.165) is 6.20 Å². The molecule has 10 heteroatoms. The second-order valence-corrected chi connectivity index (χ2v) is 9.66. The number of amides is 1. The first-order chi connectivity index (χ1) is 15.7. The van der Waals surface area contributed by atoms with Crippen LogP contribution in [0, 0.1) is 24.1 Å². The van der Waals surface area contributed by atoms with Crippen LogP contribution in [-0.2, 0) is 9.53 Å². The molecule has 0 aromatic carbocycles. The van der Waals surface area contributed by atoms with Crippen molar-refractivity contribution in [2.45, 2.75) is 53.6 Å². The van der Waals surface area contributed by atoms with Gasteiger partial charge in [0.05, 0.1) is 23.0 Å². The van der Waals surface area contributed by atoms with Crippen molar-refractivity contribution in [3.05, 3.63) is 35.9 Å². The Morgan fingerprint density at radius 3 is 2.50 bits per heavy atom. The number of nitrogens with two attached hydrogens (primary N) is 1. The monoisotopic (exact) mass is 476 g/mol. The van der Waals surface area contributed by atoms with E-state index in [4.69, 9.17) is 20.3 Å². The van der Waals surface area contributed by atoms with Crippen molar-refractivity contribution in [1.29, 1.82) is 0 Å². The van der Waals surface area contributed by atoms with Crippen molar-refractivity contribution in [3.63, 3.8) is 0 Å². The van der Waals surface area contributed by atoms with Crippen molar-refractivity contribution in [2.24, 2.45) is 17.1 Å². The Kier molecular flexibility index (Phi) is 8.55. The molecular weight excluding hydrogens is 443 g/mol. The number of nitrogens with one attached hydrogen (secondary N) is 1.